The Morgan fingerprint density at radius 2 is 1.77 bits per heavy atom. The molecule has 126 valence electrons. The number of esters is 1. The number of methoxy groups -OCH3 is 1. The number of carbonyl (C=O) groups excluding carboxylic acids is 4. The van der Waals surface area contributed by atoms with Gasteiger partial charge in [-0.2, -0.15) is 0 Å². The molecule has 0 aromatic carbocycles. The molecule has 0 unspecified atom stereocenters. The molecular formula is C14H25N3O5. The molecule has 1 atom stereocenters. The van der Waals surface area contributed by atoms with Gasteiger partial charge in [-0.3, -0.25) is 19.2 Å². The summed E-state index contributed by atoms with van der Waals surface area (Å²) in [6, 6.07) is -0.558. The standard InChI is InChI=1S/C14H25N3O5/c1-10(18)17-11(14(21)15-2)6-4-5-9-16-12(19)7-8-13(20)22-3/h11H,4-9H2,1-3H3,(H,15,21)(H,16,19)(H,17,18)/t11-/m0/s1. The molecule has 0 aromatic heterocycles. The van der Waals surface area contributed by atoms with Crippen LogP contribution in [-0.2, 0) is 23.9 Å². The highest BCUT2D eigenvalue weighted by molar-refractivity contribution is 5.86. The quantitative estimate of drug-likeness (QED) is 0.371. The fourth-order valence-electron chi connectivity index (χ4n) is 1.80. The molecule has 3 N–H and O–H groups in total. The first-order valence-electron chi connectivity index (χ1n) is 7.23. The van der Waals surface area contributed by atoms with Crippen molar-refractivity contribution < 1.29 is 23.9 Å². The van der Waals surface area contributed by atoms with Gasteiger partial charge in [-0.25, -0.2) is 0 Å². The van der Waals surface area contributed by atoms with Gasteiger partial charge in [-0.15, -0.1) is 0 Å². The van der Waals surface area contributed by atoms with Crippen LogP contribution in [0.4, 0.5) is 0 Å². The highest BCUT2D eigenvalue weighted by atomic mass is 16.5. The molecular weight excluding hydrogens is 290 g/mol. The number of likely N-dealkylation sites (N-methyl/N-ethyl adjacent to an activating group) is 1. The molecule has 22 heavy (non-hydrogen) atoms. The van der Waals surface area contributed by atoms with Gasteiger partial charge >= 0.3 is 5.97 Å². The number of hydrogen-bond acceptors (Lipinski definition) is 5. The fourth-order valence-corrected chi connectivity index (χ4v) is 1.80. The molecule has 0 bridgehead atoms. The van der Waals surface area contributed by atoms with Crippen molar-refractivity contribution in [2.45, 2.75) is 45.1 Å². The summed E-state index contributed by atoms with van der Waals surface area (Å²) in [7, 11) is 2.79. The lowest BCUT2D eigenvalue weighted by Crippen LogP contribution is -2.44. The van der Waals surface area contributed by atoms with E-state index in [1.807, 2.05) is 0 Å². The van der Waals surface area contributed by atoms with Crippen LogP contribution in [0.5, 0.6) is 0 Å². The van der Waals surface area contributed by atoms with Crippen molar-refractivity contribution in [2.75, 3.05) is 20.7 Å². The molecule has 0 saturated carbocycles. The van der Waals surface area contributed by atoms with Crippen LogP contribution in [0.1, 0.15) is 39.0 Å². The van der Waals surface area contributed by atoms with Gasteiger partial charge in [-0.1, -0.05) is 0 Å². The average molecular weight is 315 g/mol. The molecule has 0 aliphatic heterocycles. The van der Waals surface area contributed by atoms with Crippen LogP contribution in [0.25, 0.3) is 0 Å². The maximum atomic E-state index is 11.6. The maximum absolute atomic E-state index is 11.6. The zero-order valence-corrected chi connectivity index (χ0v) is 13.4. The van der Waals surface area contributed by atoms with Gasteiger partial charge in [0.2, 0.25) is 17.7 Å². The molecule has 0 aromatic rings. The molecule has 0 rings (SSSR count). The van der Waals surface area contributed by atoms with E-state index in [0.29, 0.717) is 25.8 Å². The molecule has 0 aliphatic rings. The second kappa shape index (κ2) is 11.5. The summed E-state index contributed by atoms with van der Waals surface area (Å²) in [5.74, 6) is -1.13. The van der Waals surface area contributed by atoms with Crippen LogP contribution in [0.2, 0.25) is 0 Å². The zero-order chi connectivity index (χ0) is 17.0. The summed E-state index contributed by atoms with van der Waals surface area (Å²) in [6.45, 7) is 1.82. The van der Waals surface area contributed by atoms with Crippen molar-refractivity contribution in [1.82, 2.24) is 16.0 Å². The average Bonchev–Trinajstić information content (AvgIpc) is 2.49. The second-order valence-corrected chi connectivity index (χ2v) is 4.79. The van der Waals surface area contributed by atoms with Crippen molar-refractivity contribution in [3.63, 3.8) is 0 Å². The van der Waals surface area contributed by atoms with E-state index >= 15 is 0 Å². The van der Waals surface area contributed by atoms with Crippen LogP contribution in [-0.4, -0.2) is 50.4 Å². The molecule has 0 saturated heterocycles. The Kier molecular flexibility index (Phi) is 10.4. The lowest BCUT2D eigenvalue weighted by atomic mass is 10.1. The number of carbonyl (C=O) groups is 4. The summed E-state index contributed by atoms with van der Waals surface area (Å²) < 4.78 is 4.44. The summed E-state index contributed by atoms with van der Waals surface area (Å²) in [5.41, 5.74) is 0. The van der Waals surface area contributed by atoms with E-state index in [-0.39, 0.29) is 30.6 Å². The van der Waals surface area contributed by atoms with Gasteiger partial charge in [0.15, 0.2) is 0 Å². The van der Waals surface area contributed by atoms with E-state index in [1.165, 1.54) is 21.1 Å². The molecule has 8 nitrogen and oxygen atoms in total. The lowest BCUT2D eigenvalue weighted by Gasteiger charge is -2.16. The van der Waals surface area contributed by atoms with E-state index in [0.717, 1.165) is 0 Å². The van der Waals surface area contributed by atoms with Crippen LogP contribution < -0.4 is 16.0 Å². The lowest BCUT2D eigenvalue weighted by molar-refractivity contribution is -0.142. The topological polar surface area (TPSA) is 114 Å². The summed E-state index contributed by atoms with van der Waals surface area (Å²) in [4.78, 5) is 44.9. The minimum absolute atomic E-state index is 0.0591. The number of unbranched alkanes of at least 4 members (excludes halogenated alkanes) is 1. The Balaban J connectivity index is 3.85. The van der Waals surface area contributed by atoms with E-state index in [2.05, 4.69) is 20.7 Å². The second-order valence-electron chi connectivity index (χ2n) is 4.79. The number of hydrogen-bond donors (Lipinski definition) is 3. The summed E-state index contributed by atoms with van der Waals surface area (Å²) >= 11 is 0. The van der Waals surface area contributed by atoms with Crippen molar-refractivity contribution in [3.05, 3.63) is 0 Å². The minimum atomic E-state index is -0.558. The maximum Gasteiger partial charge on any atom is 0.306 e. The van der Waals surface area contributed by atoms with E-state index in [1.54, 1.807) is 0 Å². The third-order valence-corrected chi connectivity index (χ3v) is 2.97. The molecule has 0 spiro atoms. The minimum Gasteiger partial charge on any atom is -0.469 e. The van der Waals surface area contributed by atoms with Gasteiger partial charge in [0.1, 0.15) is 6.04 Å². The first kappa shape index (κ1) is 19.9. The number of amides is 3. The van der Waals surface area contributed by atoms with Crippen LogP contribution in [0.3, 0.4) is 0 Å². The van der Waals surface area contributed by atoms with Gasteiger partial charge in [0.05, 0.1) is 13.5 Å². The van der Waals surface area contributed by atoms with Crippen molar-refractivity contribution >= 4 is 23.7 Å². The molecule has 0 aliphatic carbocycles. The Morgan fingerprint density at radius 3 is 2.32 bits per heavy atom. The Morgan fingerprint density at radius 1 is 1.09 bits per heavy atom. The number of nitrogens with one attached hydrogen (secondary N) is 3. The molecule has 0 radical (unpaired) electrons. The first-order valence-corrected chi connectivity index (χ1v) is 7.23. The molecule has 0 fully saturated rings. The smallest absolute Gasteiger partial charge is 0.306 e. The Hall–Kier alpha value is -2.12. The normalized spacial score (nSPS) is 11.2. The number of rotatable bonds is 10. The molecule has 3 amide bonds. The monoisotopic (exact) mass is 315 g/mol. The van der Waals surface area contributed by atoms with Crippen molar-refractivity contribution in [3.8, 4) is 0 Å². The van der Waals surface area contributed by atoms with Crippen LogP contribution in [0.15, 0.2) is 0 Å². The SMILES string of the molecule is CNC(=O)[C@H](CCCCNC(=O)CCC(=O)OC)NC(C)=O. The fraction of sp³-hybridized carbons (Fsp3) is 0.714. The third-order valence-electron chi connectivity index (χ3n) is 2.97. The predicted molar refractivity (Wildman–Crippen MR) is 79.8 cm³/mol. The number of ether oxygens (including phenoxy) is 1. The largest absolute Gasteiger partial charge is 0.469 e. The molecule has 8 heteroatoms. The zero-order valence-electron chi connectivity index (χ0n) is 13.4. The predicted octanol–water partition coefficient (Wildman–Crippen LogP) is -0.523. The van der Waals surface area contributed by atoms with Gasteiger partial charge in [0, 0.05) is 26.9 Å². The van der Waals surface area contributed by atoms with E-state index in [9.17, 15) is 19.2 Å². The van der Waals surface area contributed by atoms with Crippen molar-refractivity contribution in [2.24, 2.45) is 0 Å². The molecule has 0 heterocycles. The summed E-state index contributed by atoms with van der Waals surface area (Å²) in [5, 5.41) is 7.76. The van der Waals surface area contributed by atoms with Gasteiger partial charge in [-0.05, 0) is 19.3 Å². The first-order chi connectivity index (χ1) is 10.4. The highest BCUT2D eigenvalue weighted by Gasteiger charge is 2.17. The van der Waals surface area contributed by atoms with Gasteiger partial charge < -0.3 is 20.7 Å². The third kappa shape index (κ3) is 9.73. The van der Waals surface area contributed by atoms with Crippen LogP contribution >= 0.6 is 0 Å². The Bertz CT molecular complexity index is 398. The van der Waals surface area contributed by atoms with Crippen LogP contribution in [0, 0.1) is 0 Å². The van der Waals surface area contributed by atoms with Gasteiger partial charge in [0.25, 0.3) is 0 Å². The summed E-state index contributed by atoms with van der Waals surface area (Å²) in [6.07, 6.45) is 2.01. The Labute approximate surface area is 130 Å². The van der Waals surface area contributed by atoms with E-state index < -0.39 is 12.0 Å². The highest BCUT2D eigenvalue weighted by Crippen LogP contribution is 2.01. The van der Waals surface area contributed by atoms with E-state index in [4.69, 9.17) is 0 Å². The van der Waals surface area contributed by atoms with Crippen molar-refractivity contribution in [1.29, 1.82) is 0 Å².